The van der Waals surface area contributed by atoms with Crippen LogP contribution in [-0.4, -0.2) is 60.9 Å². The van der Waals surface area contributed by atoms with Crippen molar-refractivity contribution in [1.29, 1.82) is 0 Å². The van der Waals surface area contributed by atoms with E-state index in [1.54, 1.807) is 30.1 Å². The Morgan fingerprint density at radius 2 is 2.22 bits per heavy atom. The average molecular weight is 339 g/mol. The third kappa shape index (κ3) is 4.68. The second-order valence-electron chi connectivity index (χ2n) is 5.54. The highest BCUT2D eigenvalue weighted by Gasteiger charge is 2.33. The summed E-state index contributed by atoms with van der Waals surface area (Å²) in [6.45, 7) is 1.29. The molecule has 1 saturated heterocycles. The molecule has 5 nitrogen and oxygen atoms in total. The van der Waals surface area contributed by atoms with Gasteiger partial charge in [-0.15, -0.1) is 11.8 Å². The lowest BCUT2D eigenvalue weighted by Gasteiger charge is -2.30. The second-order valence-corrected chi connectivity index (χ2v) is 6.78. The van der Waals surface area contributed by atoms with Gasteiger partial charge in [0.25, 0.3) is 0 Å². The molecular weight excluding hydrogens is 317 g/mol. The summed E-state index contributed by atoms with van der Waals surface area (Å²) in [4.78, 5) is 26.1. The number of rotatable bonds is 6. The third-order valence-electron chi connectivity index (χ3n) is 3.81. The molecule has 126 valence electrons. The molecule has 2 atom stereocenters. The minimum Gasteiger partial charge on any atom is -0.343 e. The van der Waals surface area contributed by atoms with Crippen molar-refractivity contribution >= 4 is 23.6 Å². The Bertz CT molecular complexity index is 570. The van der Waals surface area contributed by atoms with Gasteiger partial charge in [0.05, 0.1) is 5.25 Å². The van der Waals surface area contributed by atoms with Crippen LogP contribution in [0, 0.1) is 5.82 Å². The van der Waals surface area contributed by atoms with Gasteiger partial charge in [-0.2, -0.15) is 0 Å². The summed E-state index contributed by atoms with van der Waals surface area (Å²) in [6, 6.07) is 5.96. The van der Waals surface area contributed by atoms with Crippen LogP contribution in [0.4, 0.5) is 4.39 Å². The topological polar surface area (TPSA) is 61.4 Å². The van der Waals surface area contributed by atoms with E-state index in [1.807, 2.05) is 7.05 Å². The van der Waals surface area contributed by atoms with Crippen LogP contribution in [0.2, 0.25) is 0 Å². The second kappa shape index (κ2) is 8.31. The number of nitrogens with one attached hydrogen (secondary N) is 2. The zero-order valence-electron chi connectivity index (χ0n) is 13.3. The Morgan fingerprint density at radius 1 is 1.48 bits per heavy atom. The number of benzene rings is 1. The normalized spacial score (nSPS) is 20.9. The van der Waals surface area contributed by atoms with Crippen LogP contribution in [0.5, 0.6) is 0 Å². The molecular formula is C16H22FN3O2S. The van der Waals surface area contributed by atoms with Crippen LogP contribution in [-0.2, 0) is 16.0 Å². The lowest BCUT2D eigenvalue weighted by molar-refractivity contribution is -0.134. The van der Waals surface area contributed by atoms with Gasteiger partial charge in [-0.25, -0.2) is 4.39 Å². The van der Waals surface area contributed by atoms with Gasteiger partial charge >= 0.3 is 0 Å². The van der Waals surface area contributed by atoms with E-state index in [1.165, 1.54) is 17.8 Å². The molecule has 23 heavy (non-hydrogen) atoms. The highest BCUT2D eigenvalue weighted by Crippen LogP contribution is 2.23. The van der Waals surface area contributed by atoms with E-state index < -0.39 is 6.04 Å². The number of hydrogen-bond donors (Lipinski definition) is 2. The number of carbonyl (C=O) groups excluding carboxylic acids is 2. The van der Waals surface area contributed by atoms with E-state index in [4.69, 9.17) is 0 Å². The molecule has 1 aromatic rings. The van der Waals surface area contributed by atoms with E-state index in [0.29, 0.717) is 30.8 Å². The Hall–Kier alpha value is -1.60. The number of halogens is 1. The van der Waals surface area contributed by atoms with Crippen LogP contribution in [0.3, 0.4) is 0 Å². The lowest BCUT2D eigenvalue weighted by Crippen LogP contribution is -2.55. The summed E-state index contributed by atoms with van der Waals surface area (Å²) in [7, 11) is 3.55. The molecule has 1 fully saturated rings. The first-order chi connectivity index (χ1) is 11.0. The molecule has 2 N–H and O–H groups in total. The molecule has 2 amide bonds. The van der Waals surface area contributed by atoms with Crippen molar-refractivity contribution in [1.82, 2.24) is 15.5 Å². The van der Waals surface area contributed by atoms with E-state index in [9.17, 15) is 14.0 Å². The minimum absolute atomic E-state index is 0.0922. The zero-order chi connectivity index (χ0) is 16.8. The number of amides is 2. The van der Waals surface area contributed by atoms with Gasteiger partial charge in [0.1, 0.15) is 11.9 Å². The van der Waals surface area contributed by atoms with Gasteiger partial charge in [-0.1, -0.05) is 18.2 Å². The maximum Gasteiger partial charge on any atom is 0.245 e. The minimum atomic E-state index is -0.508. The monoisotopic (exact) mass is 339 g/mol. The standard InChI is InChI=1S/C16H22FN3O2S/c1-18-7-8-20(2)16(22)13-10-23-14(15(21)19-13)9-11-5-3-4-6-12(11)17/h3-6,13-14,18H,7-10H2,1-2H3,(H,19,21). The smallest absolute Gasteiger partial charge is 0.245 e. The summed E-state index contributed by atoms with van der Waals surface area (Å²) in [5, 5.41) is 5.39. The maximum absolute atomic E-state index is 13.7. The molecule has 1 heterocycles. The fourth-order valence-electron chi connectivity index (χ4n) is 2.40. The molecule has 2 unspecified atom stereocenters. The first kappa shape index (κ1) is 17.7. The quantitative estimate of drug-likeness (QED) is 0.799. The van der Waals surface area contributed by atoms with Crippen molar-refractivity contribution in [3.8, 4) is 0 Å². The summed E-state index contributed by atoms with van der Waals surface area (Å²) >= 11 is 1.41. The third-order valence-corrected chi connectivity index (χ3v) is 5.12. The molecule has 0 radical (unpaired) electrons. The molecule has 2 rings (SSSR count). The largest absolute Gasteiger partial charge is 0.343 e. The fraction of sp³-hybridized carbons (Fsp3) is 0.500. The van der Waals surface area contributed by atoms with Crippen molar-refractivity contribution in [3.63, 3.8) is 0 Å². The summed E-state index contributed by atoms with van der Waals surface area (Å²) in [5.41, 5.74) is 0.524. The molecule has 7 heteroatoms. The molecule has 0 saturated carbocycles. The van der Waals surface area contributed by atoms with Gasteiger partial charge in [0.15, 0.2) is 0 Å². The SMILES string of the molecule is CNCCN(C)C(=O)C1CSC(Cc2ccccc2F)C(=O)N1. The van der Waals surface area contributed by atoms with E-state index in [-0.39, 0.29) is 22.9 Å². The summed E-state index contributed by atoms with van der Waals surface area (Å²) in [6.07, 6.45) is 0.333. The number of carbonyl (C=O) groups is 2. The predicted octanol–water partition coefficient (Wildman–Crippen LogP) is 0.646. The van der Waals surface area contributed by atoms with Gasteiger partial charge < -0.3 is 15.5 Å². The Morgan fingerprint density at radius 3 is 2.87 bits per heavy atom. The first-order valence-electron chi connectivity index (χ1n) is 7.58. The van der Waals surface area contributed by atoms with Crippen molar-refractivity contribution in [2.24, 2.45) is 0 Å². The van der Waals surface area contributed by atoms with E-state index >= 15 is 0 Å². The number of thioether (sulfide) groups is 1. The van der Waals surface area contributed by atoms with Gasteiger partial charge in [-0.05, 0) is 25.1 Å². The molecule has 0 aliphatic carbocycles. The van der Waals surface area contributed by atoms with E-state index in [2.05, 4.69) is 10.6 Å². The molecule has 0 spiro atoms. The van der Waals surface area contributed by atoms with Crippen molar-refractivity contribution in [2.45, 2.75) is 17.7 Å². The van der Waals surface area contributed by atoms with E-state index in [0.717, 1.165) is 0 Å². The predicted molar refractivity (Wildman–Crippen MR) is 89.8 cm³/mol. The van der Waals surface area contributed by atoms with Crippen molar-refractivity contribution in [3.05, 3.63) is 35.6 Å². The average Bonchev–Trinajstić information content (AvgIpc) is 2.55. The van der Waals surface area contributed by atoms with Crippen molar-refractivity contribution in [2.75, 3.05) is 32.9 Å². The molecule has 0 bridgehead atoms. The van der Waals surface area contributed by atoms with Crippen LogP contribution in [0.25, 0.3) is 0 Å². The zero-order valence-corrected chi connectivity index (χ0v) is 14.2. The van der Waals surface area contributed by atoms with Gasteiger partial charge in [-0.3, -0.25) is 9.59 Å². The summed E-state index contributed by atoms with van der Waals surface area (Å²) in [5.74, 6) is -0.0886. The van der Waals surface area contributed by atoms with Gasteiger partial charge in [0, 0.05) is 25.9 Å². The molecule has 1 aromatic carbocycles. The number of nitrogens with zero attached hydrogens (tertiary/aromatic N) is 1. The summed E-state index contributed by atoms with van der Waals surface area (Å²) < 4.78 is 13.7. The number of likely N-dealkylation sites (N-methyl/N-ethyl adjacent to an activating group) is 2. The Labute approximate surface area is 140 Å². The molecule has 1 aliphatic rings. The van der Waals surface area contributed by atoms with Crippen LogP contribution < -0.4 is 10.6 Å². The maximum atomic E-state index is 13.7. The molecule has 0 aromatic heterocycles. The van der Waals surface area contributed by atoms with Crippen LogP contribution in [0.15, 0.2) is 24.3 Å². The highest BCUT2D eigenvalue weighted by atomic mass is 32.2. The van der Waals surface area contributed by atoms with Crippen molar-refractivity contribution < 1.29 is 14.0 Å². The lowest BCUT2D eigenvalue weighted by atomic mass is 10.1. The number of hydrogen-bond acceptors (Lipinski definition) is 4. The Kier molecular flexibility index (Phi) is 6.41. The highest BCUT2D eigenvalue weighted by molar-refractivity contribution is 8.00. The molecule has 1 aliphatic heterocycles. The first-order valence-corrected chi connectivity index (χ1v) is 8.62. The fourth-order valence-corrected chi connectivity index (χ4v) is 3.57. The Balaban J connectivity index is 1.91. The van der Waals surface area contributed by atoms with Gasteiger partial charge in [0.2, 0.25) is 11.8 Å². The van der Waals surface area contributed by atoms with Crippen LogP contribution >= 0.6 is 11.8 Å². The van der Waals surface area contributed by atoms with Crippen LogP contribution in [0.1, 0.15) is 5.56 Å².